The van der Waals surface area contributed by atoms with Gasteiger partial charge in [-0.15, -0.1) is 0 Å². The summed E-state index contributed by atoms with van der Waals surface area (Å²) in [5.41, 5.74) is 9.29. The number of benzene rings is 6. The topological polar surface area (TPSA) is 29.4 Å². The van der Waals surface area contributed by atoms with Crippen molar-refractivity contribution in [1.82, 2.24) is 4.57 Å². The van der Waals surface area contributed by atoms with Crippen molar-refractivity contribution in [2.75, 3.05) is 16.8 Å². The van der Waals surface area contributed by atoms with E-state index in [1.165, 1.54) is 22.0 Å². The summed E-state index contributed by atoms with van der Waals surface area (Å²) in [4.78, 5) is 2.44. The number of anilines is 4. The van der Waals surface area contributed by atoms with E-state index in [1.807, 2.05) is 36.4 Å². The van der Waals surface area contributed by atoms with Gasteiger partial charge in [0.1, 0.15) is 11.5 Å². The Kier molecular flexibility index (Phi) is 6.30. The fraction of sp³-hybridized carbons (Fsp3) is 0.0769. The van der Waals surface area contributed by atoms with Gasteiger partial charge in [0.25, 0.3) is 0 Å². The highest BCUT2D eigenvalue weighted by atomic mass is 16.5. The molecular formula is C39H31N3O. The quantitative estimate of drug-likeness (QED) is 0.221. The van der Waals surface area contributed by atoms with Crippen LogP contribution in [0.3, 0.4) is 0 Å². The number of hydrogen-bond acceptors (Lipinski definition) is 3. The standard InChI is InChI=1S/C39H31N3O/c1-3-15-29(16-4-1)40-35-20-11-23-38-39(35)34-19-8-10-22-37(34)42(38)31-25-30(26-33(27-31)43-32-17-5-2-6-18-32)41-24-12-14-28-13-7-9-21-36(28)41/h1-11,13,15-23,25-27,40H,12,14,24H2. The number of hydrogen-bond donors (Lipinski definition) is 1. The van der Waals surface area contributed by atoms with Gasteiger partial charge in [-0.1, -0.05) is 78.9 Å². The van der Waals surface area contributed by atoms with Gasteiger partial charge in [0.15, 0.2) is 0 Å². The van der Waals surface area contributed by atoms with Gasteiger partial charge in [-0.25, -0.2) is 0 Å². The molecule has 0 radical (unpaired) electrons. The van der Waals surface area contributed by atoms with Crippen LogP contribution in [0.2, 0.25) is 0 Å². The van der Waals surface area contributed by atoms with Crippen LogP contribution in [0.15, 0.2) is 146 Å². The number of aryl methyl sites for hydroxylation is 1. The average Bonchev–Trinajstić information content (AvgIpc) is 3.41. The van der Waals surface area contributed by atoms with Gasteiger partial charge < -0.3 is 19.5 Å². The molecule has 2 heterocycles. The van der Waals surface area contributed by atoms with E-state index >= 15 is 0 Å². The molecule has 1 aliphatic rings. The van der Waals surface area contributed by atoms with E-state index in [4.69, 9.17) is 4.74 Å². The molecule has 0 aliphatic carbocycles. The fourth-order valence-electron chi connectivity index (χ4n) is 6.42. The average molecular weight is 558 g/mol. The van der Waals surface area contributed by atoms with Gasteiger partial charge in [-0.2, -0.15) is 0 Å². The highest BCUT2D eigenvalue weighted by Gasteiger charge is 2.21. The number of aromatic nitrogens is 1. The molecule has 43 heavy (non-hydrogen) atoms. The zero-order chi connectivity index (χ0) is 28.6. The van der Waals surface area contributed by atoms with Crippen LogP contribution in [0.1, 0.15) is 12.0 Å². The molecule has 208 valence electrons. The zero-order valence-electron chi connectivity index (χ0n) is 23.8. The van der Waals surface area contributed by atoms with Crippen LogP contribution < -0.4 is 15.0 Å². The van der Waals surface area contributed by atoms with E-state index in [0.717, 1.165) is 64.7 Å². The first-order valence-corrected chi connectivity index (χ1v) is 14.9. The predicted molar refractivity (Wildman–Crippen MR) is 179 cm³/mol. The molecule has 0 unspecified atom stereocenters. The van der Waals surface area contributed by atoms with Crippen molar-refractivity contribution in [3.63, 3.8) is 0 Å². The van der Waals surface area contributed by atoms with Crippen LogP contribution in [0.5, 0.6) is 11.5 Å². The Morgan fingerprint density at radius 3 is 2.19 bits per heavy atom. The van der Waals surface area contributed by atoms with Gasteiger partial charge >= 0.3 is 0 Å². The zero-order valence-corrected chi connectivity index (χ0v) is 23.8. The Labute approximate surface area is 251 Å². The van der Waals surface area contributed by atoms with Crippen molar-refractivity contribution < 1.29 is 4.74 Å². The highest BCUT2D eigenvalue weighted by molar-refractivity contribution is 6.15. The van der Waals surface area contributed by atoms with Crippen molar-refractivity contribution in [2.45, 2.75) is 12.8 Å². The Morgan fingerprint density at radius 1 is 0.581 bits per heavy atom. The summed E-state index contributed by atoms with van der Waals surface area (Å²) >= 11 is 0. The minimum absolute atomic E-state index is 0.811. The van der Waals surface area contributed by atoms with E-state index < -0.39 is 0 Å². The third-order valence-corrected chi connectivity index (χ3v) is 8.29. The molecule has 0 spiro atoms. The molecule has 0 bridgehead atoms. The fourth-order valence-corrected chi connectivity index (χ4v) is 6.42. The molecule has 8 rings (SSSR count). The van der Waals surface area contributed by atoms with E-state index in [-0.39, 0.29) is 0 Å². The maximum atomic E-state index is 6.51. The van der Waals surface area contributed by atoms with Crippen molar-refractivity contribution in [2.24, 2.45) is 0 Å². The van der Waals surface area contributed by atoms with Crippen LogP contribution >= 0.6 is 0 Å². The molecular weight excluding hydrogens is 526 g/mol. The highest BCUT2D eigenvalue weighted by Crippen LogP contribution is 2.41. The van der Waals surface area contributed by atoms with E-state index in [9.17, 15) is 0 Å². The summed E-state index contributed by atoms with van der Waals surface area (Å²) in [5, 5.41) is 6.08. The lowest BCUT2D eigenvalue weighted by molar-refractivity contribution is 0.482. The number of rotatable bonds is 6. The first-order chi connectivity index (χ1) is 21.3. The lowest BCUT2D eigenvalue weighted by atomic mass is 10.0. The minimum Gasteiger partial charge on any atom is -0.457 e. The number of nitrogens with zero attached hydrogens (tertiary/aromatic N) is 2. The molecule has 4 heteroatoms. The molecule has 0 saturated heterocycles. The van der Waals surface area contributed by atoms with Crippen molar-refractivity contribution in [3.8, 4) is 17.2 Å². The third kappa shape index (κ3) is 4.67. The summed E-state index contributed by atoms with van der Waals surface area (Å²) in [6.45, 7) is 0.962. The Bertz CT molecular complexity index is 2060. The summed E-state index contributed by atoms with van der Waals surface area (Å²) in [5.74, 6) is 1.63. The maximum absolute atomic E-state index is 6.51. The van der Waals surface area contributed by atoms with Crippen molar-refractivity contribution >= 4 is 44.6 Å². The van der Waals surface area contributed by atoms with E-state index in [2.05, 4.69) is 124 Å². The van der Waals surface area contributed by atoms with Gasteiger partial charge in [0.2, 0.25) is 0 Å². The summed E-state index contributed by atoms with van der Waals surface area (Å²) < 4.78 is 8.88. The number of fused-ring (bicyclic) bond motifs is 4. The van der Waals surface area contributed by atoms with Gasteiger partial charge in [0, 0.05) is 52.2 Å². The number of nitrogens with one attached hydrogen (secondary N) is 1. The molecule has 0 fully saturated rings. The van der Waals surface area contributed by atoms with Crippen LogP contribution in [-0.4, -0.2) is 11.1 Å². The second-order valence-electron chi connectivity index (χ2n) is 11.0. The van der Waals surface area contributed by atoms with Crippen molar-refractivity contribution in [3.05, 3.63) is 151 Å². The lowest BCUT2D eigenvalue weighted by Crippen LogP contribution is -2.24. The van der Waals surface area contributed by atoms with Crippen LogP contribution in [0, 0.1) is 0 Å². The second-order valence-corrected chi connectivity index (χ2v) is 11.0. The lowest BCUT2D eigenvalue weighted by Gasteiger charge is -2.32. The predicted octanol–water partition coefficient (Wildman–Crippen LogP) is 10.4. The molecule has 1 aromatic heterocycles. The number of para-hydroxylation sites is 4. The molecule has 1 aliphatic heterocycles. The van der Waals surface area contributed by atoms with Crippen LogP contribution in [0.4, 0.5) is 22.7 Å². The third-order valence-electron chi connectivity index (χ3n) is 8.29. The summed E-state index contributed by atoms with van der Waals surface area (Å²) in [6.07, 6.45) is 2.21. The Hall–Kier alpha value is -5.48. The van der Waals surface area contributed by atoms with Gasteiger partial charge in [-0.3, -0.25) is 0 Å². The number of ether oxygens (including phenoxy) is 1. The molecule has 0 amide bonds. The first kappa shape index (κ1) is 25.2. The first-order valence-electron chi connectivity index (χ1n) is 14.9. The maximum Gasteiger partial charge on any atom is 0.131 e. The van der Waals surface area contributed by atoms with E-state index in [0.29, 0.717) is 0 Å². The van der Waals surface area contributed by atoms with E-state index in [1.54, 1.807) is 0 Å². The molecule has 6 aromatic carbocycles. The summed E-state index contributed by atoms with van der Waals surface area (Å²) in [7, 11) is 0. The molecule has 4 nitrogen and oxygen atoms in total. The molecule has 0 saturated carbocycles. The Balaban J connectivity index is 1.34. The Morgan fingerprint density at radius 2 is 1.30 bits per heavy atom. The smallest absolute Gasteiger partial charge is 0.131 e. The second kappa shape index (κ2) is 10.7. The SMILES string of the molecule is c1ccc(Nc2cccc3c2c2ccccc2n3-c2cc(Oc3ccccc3)cc(N3CCCc4ccccc43)c2)cc1. The molecule has 1 N–H and O–H groups in total. The summed E-state index contributed by atoms with van der Waals surface area (Å²) in [6, 6.07) is 51.0. The van der Waals surface area contributed by atoms with Crippen molar-refractivity contribution in [1.29, 1.82) is 0 Å². The van der Waals surface area contributed by atoms with Crippen LogP contribution in [-0.2, 0) is 6.42 Å². The van der Waals surface area contributed by atoms with Gasteiger partial charge in [-0.05, 0) is 73.0 Å². The monoisotopic (exact) mass is 557 g/mol. The largest absolute Gasteiger partial charge is 0.457 e. The molecule has 7 aromatic rings. The minimum atomic E-state index is 0.811. The normalized spacial score (nSPS) is 12.8. The molecule has 0 atom stereocenters. The van der Waals surface area contributed by atoms with Gasteiger partial charge in [0.05, 0.1) is 16.7 Å². The van der Waals surface area contributed by atoms with Crippen LogP contribution in [0.25, 0.3) is 27.5 Å².